The highest BCUT2D eigenvalue weighted by Gasteiger charge is 2.37. The summed E-state index contributed by atoms with van der Waals surface area (Å²) in [7, 11) is 3.16. The van der Waals surface area contributed by atoms with Crippen molar-refractivity contribution >= 4 is 46.6 Å². The molecule has 3 heterocycles. The van der Waals surface area contributed by atoms with Crippen LogP contribution in [-0.2, 0) is 9.53 Å². The summed E-state index contributed by atoms with van der Waals surface area (Å²) in [6.07, 6.45) is 3.29. The van der Waals surface area contributed by atoms with Crippen molar-refractivity contribution in [2.24, 2.45) is 4.99 Å². The molecule has 9 nitrogen and oxygen atoms in total. The molecular weight excluding hydrogens is 552 g/mol. The quantitative estimate of drug-likeness (QED) is 0.144. The van der Waals surface area contributed by atoms with Crippen molar-refractivity contribution in [2.45, 2.75) is 36.6 Å². The van der Waals surface area contributed by atoms with Crippen molar-refractivity contribution in [3.05, 3.63) is 28.9 Å². The summed E-state index contributed by atoms with van der Waals surface area (Å²) >= 11 is 7.89. The third-order valence-corrected chi connectivity index (χ3v) is 7.38. The predicted molar refractivity (Wildman–Crippen MR) is 148 cm³/mol. The minimum Gasteiger partial charge on any atom is -0.493 e. The van der Waals surface area contributed by atoms with Gasteiger partial charge in [-0.2, -0.15) is 0 Å². The van der Waals surface area contributed by atoms with Crippen LogP contribution in [-0.4, -0.2) is 90.2 Å². The van der Waals surface area contributed by atoms with E-state index >= 15 is 0 Å². The Kier molecular flexibility index (Phi) is 9.29. The van der Waals surface area contributed by atoms with Gasteiger partial charge in [0.25, 0.3) is 5.92 Å². The Labute approximate surface area is 234 Å². The molecule has 0 spiro atoms. The van der Waals surface area contributed by atoms with E-state index in [-0.39, 0.29) is 32.1 Å². The van der Waals surface area contributed by atoms with E-state index in [4.69, 9.17) is 30.8 Å². The van der Waals surface area contributed by atoms with Gasteiger partial charge in [-0.3, -0.25) is 14.7 Å². The minimum absolute atomic E-state index is 0.152. The van der Waals surface area contributed by atoms with Crippen molar-refractivity contribution in [2.75, 3.05) is 47.0 Å². The molecule has 1 aliphatic heterocycles. The highest BCUT2D eigenvalue weighted by molar-refractivity contribution is 8.00. The first-order valence-corrected chi connectivity index (χ1v) is 13.7. The molecule has 0 aliphatic carbocycles. The van der Waals surface area contributed by atoms with E-state index in [1.807, 2.05) is 0 Å². The van der Waals surface area contributed by atoms with Crippen LogP contribution in [0.1, 0.15) is 25.8 Å². The number of benzene rings is 1. The largest absolute Gasteiger partial charge is 0.493 e. The van der Waals surface area contributed by atoms with E-state index in [0.29, 0.717) is 57.1 Å². The molecule has 2 aromatic heterocycles. The molecular formula is C26H30ClF2N5O4S. The van der Waals surface area contributed by atoms with Gasteiger partial charge in [0, 0.05) is 56.2 Å². The van der Waals surface area contributed by atoms with E-state index < -0.39 is 11.2 Å². The van der Waals surface area contributed by atoms with E-state index in [1.165, 1.54) is 18.9 Å². The Bertz CT molecular complexity index is 1370. The fourth-order valence-electron chi connectivity index (χ4n) is 4.26. The summed E-state index contributed by atoms with van der Waals surface area (Å²) in [5.74, 6) is -2.24. The highest BCUT2D eigenvalue weighted by atomic mass is 35.5. The number of esters is 1. The zero-order chi connectivity index (χ0) is 28.2. The molecule has 13 heteroatoms. The van der Waals surface area contributed by atoms with Gasteiger partial charge in [-0.15, -0.1) is 0 Å². The molecule has 1 N–H and O–H groups in total. The molecule has 0 bridgehead atoms. The lowest BCUT2D eigenvalue weighted by Crippen LogP contribution is -2.29. The second-order valence-electron chi connectivity index (χ2n) is 8.94. The average molecular weight is 582 g/mol. The predicted octanol–water partition coefficient (Wildman–Crippen LogP) is 5.10. The number of ether oxygens (including phenoxy) is 3. The second kappa shape index (κ2) is 12.5. The maximum atomic E-state index is 13.6. The number of thioether (sulfide) groups is 1. The van der Waals surface area contributed by atoms with Crippen molar-refractivity contribution in [3.63, 3.8) is 0 Å². The number of aromatic amines is 1. The van der Waals surface area contributed by atoms with Crippen LogP contribution in [0.3, 0.4) is 0 Å². The topological polar surface area (TPSA) is 102 Å². The molecule has 39 heavy (non-hydrogen) atoms. The standard InChI is InChI=1S/C26H30ClF2N5O4S/c1-5-37-24(35)15(2)39-25-32-22(21-16(12-30-3)13-31-23(21)33-25)17-10-20(19(36-4)11-18(17)27)38-9-8-34-7-6-26(28,29)14-34/h10-13,15H,5-9,14H2,1-4H3,(H,31,32,33). The van der Waals surface area contributed by atoms with Gasteiger partial charge in [0.05, 0.1) is 36.4 Å². The van der Waals surface area contributed by atoms with Crippen molar-refractivity contribution in [3.8, 4) is 22.8 Å². The maximum Gasteiger partial charge on any atom is 0.319 e. The fraction of sp³-hybridized carbons (Fsp3) is 0.462. The van der Waals surface area contributed by atoms with E-state index in [9.17, 15) is 13.6 Å². The summed E-state index contributed by atoms with van der Waals surface area (Å²) in [6.45, 7) is 4.31. The number of carbonyl (C=O) groups is 1. The molecule has 1 saturated heterocycles. The summed E-state index contributed by atoms with van der Waals surface area (Å²) in [4.78, 5) is 30.6. The van der Waals surface area contributed by atoms with Crippen LogP contribution in [0.4, 0.5) is 8.78 Å². The van der Waals surface area contributed by atoms with Crippen LogP contribution in [0.5, 0.6) is 11.5 Å². The molecule has 4 rings (SSSR count). The average Bonchev–Trinajstić information content (AvgIpc) is 3.46. The first-order chi connectivity index (χ1) is 18.7. The number of aliphatic imine (C=N–C) groups is 1. The highest BCUT2D eigenvalue weighted by Crippen LogP contribution is 2.41. The lowest BCUT2D eigenvalue weighted by Gasteiger charge is -2.18. The molecule has 1 aliphatic rings. The number of rotatable bonds is 11. The minimum atomic E-state index is -2.67. The van der Waals surface area contributed by atoms with Crippen LogP contribution in [0.15, 0.2) is 28.5 Å². The number of carbonyl (C=O) groups excluding carboxylic acids is 1. The molecule has 0 radical (unpaired) electrons. The number of likely N-dealkylation sites (tertiary alicyclic amines) is 1. The van der Waals surface area contributed by atoms with Gasteiger partial charge in [0.15, 0.2) is 16.7 Å². The van der Waals surface area contributed by atoms with Crippen LogP contribution in [0.25, 0.3) is 22.3 Å². The van der Waals surface area contributed by atoms with Gasteiger partial charge >= 0.3 is 5.97 Å². The second-order valence-corrected chi connectivity index (χ2v) is 10.7. The number of aromatic nitrogens is 3. The van der Waals surface area contributed by atoms with Gasteiger partial charge in [-0.1, -0.05) is 23.4 Å². The number of hydrogen-bond acceptors (Lipinski definition) is 9. The summed E-state index contributed by atoms with van der Waals surface area (Å²) < 4.78 is 43.7. The SMILES string of the molecule is CCOC(=O)C(C)Sc1nc(-c2cc(OCCN3CCC(F)(F)C3)c(OC)cc2Cl)c2c(C=NC)c[nH]c2n1. The zero-order valence-corrected chi connectivity index (χ0v) is 23.7. The molecule has 1 fully saturated rings. The van der Waals surface area contributed by atoms with E-state index in [2.05, 4.69) is 15.0 Å². The molecule has 3 aromatic rings. The number of hydrogen-bond donors (Lipinski definition) is 1. The molecule has 210 valence electrons. The molecule has 1 unspecified atom stereocenters. The van der Waals surface area contributed by atoms with Gasteiger partial charge in [-0.05, 0) is 19.9 Å². The Hall–Kier alpha value is -2.96. The number of methoxy groups -OCH3 is 1. The van der Waals surface area contributed by atoms with Crippen molar-refractivity contribution < 1.29 is 27.8 Å². The third-order valence-electron chi connectivity index (χ3n) is 6.13. The maximum absolute atomic E-state index is 13.6. The van der Waals surface area contributed by atoms with E-state index in [0.717, 1.165) is 5.56 Å². The van der Waals surface area contributed by atoms with Crippen LogP contribution >= 0.6 is 23.4 Å². The smallest absolute Gasteiger partial charge is 0.319 e. The number of nitrogens with zero attached hydrogens (tertiary/aromatic N) is 4. The normalized spacial score (nSPS) is 16.2. The zero-order valence-electron chi connectivity index (χ0n) is 22.1. The summed E-state index contributed by atoms with van der Waals surface area (Å²) in [5, 5.41) is 0.855. The Morgan fingerprint density at radius 3 is 2.82 bits per heavy atom. The summed E-state index contributed by atoms with van der Waals surface area (Å²) in [6, 6.07) is 3.34. The third kappa shape index (κ3) is 6.79. The summed E-state index contributed by atoms with van der Waals surface area (Å²) in [5.41, 5.74) is 2.34. The monoisotopic (exact) mass is 581 g/mol. The number of halogens is 3. The fourth-order valence-corrected chi connectivity index (χ4v) is 5.27. The lowest BCUT2D eigenvalue weighted by molar-refractivity contribution is -0.142. The Morgan fingerprint density at radius 2 is 2.15 bits per heavy atom. The number of fused-ring (bicyclic) bond motifs is 1. The van der Waals surface area contributed by atoms with Crippen LogP contribution in [0, 0.1) is 0 Å². The van der Waals surface area contributed by atoms with Crippen molar-refractivity contribution in [1.82, 2.24) is 19.9 Å². The first kappa shape index (κ1) is 29.0. The molecule has 1 aromatic carbocycles. The Morgan fingerprint density at radius 1 is 1.36 bits per heavy atom. The molecule has 0 saturated carbocycles. The first-order valence-electron chi connectivity index (χ1n) is 12.4. The molecule has 1 atom stereocenters. The Balaban J connectivity index is 1.71. The number of H-pyrrole nitrogens is 1. The molecule has 0 amide bonds. The lowest BCUT2D eigenvalue weighted by atomic mass is 10.1. The van der Waals surface area contributed by atoms with Crippen molar-refractivity contribution in [1.29, 1.82) is 0 Å². The van der Waals surface area contributed by atoms with Gasteiger partial charge in [0.1, 0.15) is 17.5 Å². The van der Waals surface area contributed by atoms with Gasteiger partial charge < -0.3 is 19.2 Å². The van der Waals surface area contributed by atoms with Gasteiger partial charge in [0.2, 0.25) is 0 Å². The van der Waals surface area contributed by atoms with Gasteiger partial charge in [-0.25, -0.2) is 18.7 Å². The van der Waals surface area contributed by atoms with E-state index in [1.54, 1.807) is 50.3 Å². The number of nitrogens with one attached hydrogen (secondary N) is 1. The number of alkyl halides is 2. The van der Waals surface area contributed by atoms with Crippen LogP contribution < -0.4 is 9.47 Å². The van der Waals surface area contributed by atoms with Crippen LogP contribution in [0.2, 0.25) is 5.02 Å².